The Balaban J connectivity index is 2.16. The molecule has 92 valence electrons. The third-order valence-corrected chi connectivity index (χ3v) is 2.91. The average molecular weight is 241 g/mol. The lowest BCUT2D eigenvalue weighted by atomic mass is 10.0. The van der Waals surface area contributed by atoms with E-state index >= 15 is 0 Å². The van der Waals surface area contributed by atoms with Gasteiger partial charge in [0.1, 0.15) is 0 Å². The van der Waals surface area contributed by atoms with Crippen LogP contribution in [0.25, 0.3) is 11.1 Å². The van der Waals surface area contributed by atoms with Crippen molar-refractivity contribution >= 4 is 0 Å². The van der Waals surface area contributed by atoms with E-state index in [0.29, 0.717) is 18.3 Å². The topological polar surface area (TPSA) is 26.0 Å². The van der Waals surface area contributed by atoms with Crippen molar-refractivity contribution in [2.45, 2.75) is 6.42 Å². The SMILES string of the molecule is NCC(=CF)Cc1ccc(-c2ccccc2)cc1. The van der Waals surface area contributed by atoms with Crippen LogP contribution in [0.1, 0.15) is 5.56 Å². The van der Waals surface area contributed by atoms with Crippen LogP contribution in [0, 0.1) is 0 Å². The highest BCUT2D eigenvalue weighted by Crippen LogP contribution is 2.20. The van der Waals surface area contributed by atoms with Crippen LogP contribution in [-0.4, -0.2) is 6.54 Å². The third kappa shape index (κ3) is 3.05. The van der Waals surface area contributed by atoms with Gasteiger partial charge in [0.25, 0.3) is 0 Å². The molecule has 2 aromatic rings. The monoisotopic (exact) mass is 241 g/mol. The molecule has 2 heteroatoms. The van der Waals surface area contributed by atoms with E-state index in [2.05, 4.69) is 24.3 Å². The summed E-state index contributed by atoms with van der Waals surface area (Å²) in [6.45, 7) is 0.261. The van der Waals surface area contributed by atoms with E-state index in [4.69, 9.17) is 5.73 Å². The van der Waals surface area contributed by atoms with E-state index in [-0.39, 0.29) is 6.54 Å². The van der Waals surface area contributed by atoms with Crippen molar-refractivity contribution in [2.24, 2.45) is 5.73 Å². The molecule has 0 aromatic heterocycles. The quantitative estimate of drug-likeness (QED) is 0.867. The van der Waals surface area contributed by atoms with Crippen molar-refractivity contribution in [3.63, 3.8) is 0 Å². The standard InChI is InChI=1S/C16H16FN/c17-11-14(12-18)10-13-6-8-16(9-7-13)15-4-2-1-3-5-15/h1-9,11H,10,12,18H2. The van der Waals surface area contributed by atoms with Crippen molar-refractivity contribution in [1.29, 1.82) is 0 Å². The number of hydrogen-bond donors (Lipinski definition) is 1. The summed E-state index contributed by atoms with van der Waals surface area (Å²) in [6.07, 6.45) is 1.17. The largest absolute Gasteiger partial charge is 0.327 e. The van der Waals surface area contributed by atoms with Crippen molar-refractivity contribution < 1.29 is 4.39 Å². The molecule has 0 saturated heterocycles. The van der Waals surface area contributed by atoms with Crippen LogP contribution in [0.3, 0.4) is 0 Å². The minimum absolute atomic E-state index is 0.261. The average Bonchev–Trinajstić information content (AvgIpc) is 2.46. The van der Waals surface area contributed by atoms with Gasteiger partial charge in [-0.3, -0.25) is 0 Å². The smallest absolute Gasteiger partial charge is 0.0875 e. The van der Waals surface area contributed by atoms with Gasteiger partial charge in [-0.05, 0) is 28.7 Å². The Labute approximate surface area is 107 Å². The zero-order chi connectivity index (χ0) is 12.8. The van der Waals surface area contributed by atoms with Crippen LogP contribution < -0.4 is 5.73 Å². The van der Waals surface area contributed by atoms with E-state index < -0.39 is 0 Å². The molecule has 0 spiro atoms. The molecule has 1 nitrogen and oxygen atoms in total. The number of benzene rings is 2. The van der Waals surface area contributed by atoms with Crippen LogP contribution in [-0.2, 0) is 6.42 Å². The molecule has 18 heavy (non-hydrogen) atoms. The first-order chi connectivity index (χ1) is 8.83. The highest BCUT2D eigenvalue weighted by molar-refractivity contribution is 5.63. The Bertz CT molecular complexity index is 515. The van der Waals surface area contributed by atoms with Crippen molar-refractivity contribution in [1.82, 2.24) is 0 Å². The maximum absolute atomic E-state index is 12.4. The van der Waals surface area contributed by atoms with E-state index in [1.54, 1.807) is 0 Å². The summed E-state index contributed by atoms with van der Waals surface area (Å²) < 4.78 is 12.4. The van der Waals surface area contributed by atoms with Gasteiger partial charge in [-0.1, -0.05) is 54.6 Å². The minimum Gasteiger partial charge on any atom is -0.327 e. The van der Waals surface area contributed by atoms with Gasteiger partial charge >= 0.3 is 0 Å². The molecular weight excluding hydrogens is 225 g/mol. The summed E-state index contributed by atoms with van der Waals surface area (Å²) in [7, 11) is 0. The van der Waals surface area contributed by atoms with Crippen LogP contribution in [0.15, 0.2) is 66.5 Å². The fraction of sp³-hybridized carbons (Fsp3) is 0.125. The third-order valence-electron chi connectivity index (χ3n) is 2.91. The Kier molecular flexibility index (Phi) is 4.26. The van der Waals surface area contributed by atoms with Gasteiger partial charge in [-0.15, -0.1) is 0 Å². The number of nitrogens with two attached hydrogens (primary N) is 1. The summed E-state index contributed by atoms with van der Waals surface area (Å²) in [5.41, 5.74) is 9.48. The van der Waals surface area contributed by atoms with E-state index in [1.807, 2.05) is 30.3 Å². The lowest BCUT2D eigenvalue weighted by Crippen LogP contribution is -2.05. The molecule has 0 aliphatic rings. The molecule has 0 aliphatic heterocycles. The van der Waals surface area contributed by atoms with Gasteiger partial charge in [-0.25, -0.2) is 4.39 Å². The van der Waals surface area contributed by atoms with Crippen LogP contribution >= 0.6 is 0 Å². The number of halogens is 1. The first-order valence-electron chi connectivity index (χ1n) is 5.96. The Morgan fingerprint density at radius 3 is 2.11 bits per heavy atom. The van der Waals surface area contributed by atoms with Crippen molar-refractivity contribution in [2.75, 3.05) is 6.54 Å². The van der Waals surface area contributed by atoms with Gasteiger partial charge < -0.3 is 5.73 Å². The zero-order valence-electron chi connectivity index (χ0n) is 10.1. The fourth-order valence-electron chi connectivity index (χ4n) is 1.86. The molecule has 0 aliphatic carbocycles. The van der Waals surface area contributed by atoms with Gasteiger partial charge in [0.05, 0.1) is 6.33 Å². The van der Waals surface area contributed by atoms with Gasteiger partial charge in [0.2, 0.25) is 0 Å². The molecule has 0 radical (unpaired) electrons. The van der Waals surface area contributed by atoms with Gasteiger partial charge in [0, 0.05) is 6.54 Å². The lowest BCUT2D eigenvalue weighted by Gasteiger charge is -2.05. The van der Waals surface area contributed by atoms with E-state index in [1.165, 1.54) is 5.56 Å². The minimum atomic E-state index is 0.261. The summed E-state index contributed by atoms with van der Waals surface area (Å²) >= 11 is 0. The molecule has 0 heterocycles. The highest BCUT2D eigenvalue weighted by atomic mass is 19.1. The molecule has 0 unspecified atom stereocenters. The summed E-state index contributed by atoms with van der Waals surface area (Å²) in [6, 6.07) is 18.3. The normalized spacial score (nSPS) is 11.6. The first kappa shape index (κ1) is 12.5. The summed E-state index contributed by atoms with van der Waals surface area (Å²) in [4.78, 5) is 0. The molecule has 2 N–H and O–H groups in total. The predicted molar refractivity (Wildman–Crippen MR) is 73.8 cm³/mol. The molecule has 2 rings (SSSR count). The van der Waals surface area contributed by atoms with E-state index in [0.717, 1.165) is 11.1 Å². The Morgan fingerprint density at radius 1 is 0.944 bits per heavy atom. The first-order valence-corrected chi connectivity index (χ1v) is 5.96. The Morgan fingerprint density at radius 2 is 1.56 bits per heavy atom. The maximum Gasteiger partial charge on any atom is 0.0875 e. The molecule has 0 amide bonds. The predicted octanol–water partition coefficient (Wildman–Crippen LogP) is 3.71. The molecular formula is C16H16FN. The fourth-order valence-corrected chi connectivity index (χ4v) is 1.86. The molecule has 0 saturated carbocycles. The summed E-state index contributed by atoms with van der Waals surface area (Å²) in [5, 5.41) is 0. The molecule has 0 fully saturated rings. The van der Waals surface area contributed by atoms with Crippen LogP contribution in [0.5, 0.6) is 0 Å². The Hall–Kier alpha value is -1.93. The number of rotatable bonds is 4. The molecule has 0 atom stereocenters. The second-order valence-corrected chi connectivity index (χ2v) is 4.21. The van der Waals surface area contributed by atoms with E-state index in [9.17, 15) is 4.39 Å². The van der Waals surface area contributed by atoms with Gasteiger partial charge in [0.15, 0.2) is 0 Å². The zero-order valence-corrected chi connectivity index (χ0v) is 10.1. The van der Waals surface area contributed by atoms with Crippen LogP contribution in [0.4, 0.5) is 4.39 Å². The van der Waals surface area contributed by atoms with Crippen molar-refractivity contribution in [3.05, 3.63) is 72.1 Å². The van der Waals surface area contributed by atoms with Crippen LogP contribution in [0.2, 0.25) is 0 Å². The highest BCUT2D eigenvalue weighted by Gasteiger charge is 2.00. The summed E-state index contributed by atoms with van der Waals surface area (Å²) in [5.74, 6) is 0. The maximum atomic E-state index is 12.4. The lowest BCUT2D eigenvalue weighted by molar-refractivity contribution is 0.699. The molecule has 0 bridgehead atoms. The van der Waals surface area contributed by atoms with Gasteiger partial charge in [-0.2, -0.15) is 0 Å². The second-order valence-electron chi connectivity index (χ2n) is 4.21. The van der Waals surface area contributed by atoms with Crippen molar-refractivity contribution in [3.8, 4) is 11.1 Å². The molecule has 2 aromatic carbocycles. The number of hydrogen-bond acceptors (Lipinski definition) is 1. The second kappa shape index (κ2) is 6.12.